The number of ether oxygens (including phenoxy) is 1. The van der Waals surface area contributed by atoms with Crippen LogP contribution in [0.1, 0.15) is 39.0 Å². The molecule has 0 radical (unpaired) electrons. The Bertz CT molecular complexity index is 484. The summed E-state index contributed by atoms with van der Waals surface area (Å²) in [4.78, 5) is 12.1. The summed E-state index contributed by atoms with van der Waals surface area (Å²) in [6, 6.07) is 5.21. The number of carbonyl (C=O) groups excluding carboxylic acids is 1. The topological polar surface area (TPSA) is 58.6 Å². The second kappa shape index (κ2) is 6.46. The predicted molar refractivity (Wildman–Crippen MR) is 79.3 cm³/mol. The number of nitrogens with one attached hydrogen (secondary N) is 1. The molecule has 1 amide bonds. The normalized spacial score (nSPS) is 16.9. The minimum atomic E-state index is -0.853. The third kappa shape index (κ3) is 3.64. The molecule has 1 fully saturated rings. The Morgan fingerprint density at radius 2 is 2.15 bits per heavy atom. The molecule has 0 heterocycles. The van der Waals surface area contributed by atoms with Gasteiger partial charge in [0.2, 0.25) is 5.91 Å². The summed E-state index contributed by atoms with van der Waals surface area (Å²) in [5.41, 5.74) is -0.306. The molecule has 2 rings (SSSR count). The molecule has 1 aliphatic rings. The van der Waals surface area contributed by atoms with Crippen molar-refractivity contribution in [3.63, 3.8) is 0 Å². The first-order valence-corrected chi connectivity index (χ1v) is 7.35. The number of amides is 1. The molecule has 0 bridgehead atoms. The number of halogens is 1. The van der Waals surface area contributed by atoms with Crippen LogP contribution in [0.5, 0.6) is 5.75 Å². The summed E-state index contributed by atoms with van der Waals surface area (Å²) in [7, 11) is 0. The van der Waals surface area contributed by atoms with Crippen molar-refractivity contribution in [2.24, 2.45) is 0 Å². The number of carbonyl (C=O) groups is 1. The number of hydrogen-bond acceptors (Lipinski definition) is 3. The van der Waals surface area contributed by atoms with Gasteiger partial charge in [-0.3, -0.25) is 4.79 Å². The maximum Gasteiger partial charge on any atom is 0.227 e. The first-order valence-electron chi connectivity index (χ1n) is 6.97. The van der Waals surface area contributed by atoms with Crippen molar-refractivity contribution >= 4 is 23.2 Å². The molecule has 1 saturated carbocycles. The molecule has 20 heavy (non-hydrogen) atoms. The van der Waals surface area contributed by atoms with Crippen LogP contribution in [0, 0.1) is 0 Å². The van der Waals surface area contributed by atoms with Gasteiger partial charge in [0.05, 0.1) is 29.3 Å². The third-order valence-electron chi connectivity index (χ3n) is 3.55. The number of hydrogen-bond donors (Lipinski definition) is 2. The van der Waals surface area contributed by atoms with Crippen LogP contribution >= 0.6 is 11.6 Å². The number of aliphatic hydroxyl groups is 1. The Balaban J connectivity index is 2.05. The monoisotopic (exact) mass is 297 g/mol. The lowest BCUT2D eigenvalue weighted by molar-refractivity contribution is -0.120. The van der Waals surface area contributed by atoms with Gasteiger partial charge in [-0.05, 0) is 31.9 Å². The average Bonchev–Trinajstić information content (AvgIpc) is 2.80. The highest BCUT2D eigenvalue weighted by molar-refractivity contribution is 6.32. The van der Waals surface area contributed by atoms with E-state index in [1.165, 1.54) is 0 Å². The smallest absolute Gasteiger partial charge is 0.227 e. The summed E-state index contributed by atoms with van der Waals surface area (Å²) in [6.45, 7) is 2.33. The summed E-state index contributed by atoms with van der Waals surface area (Å²) in [5, 5.41) is 13.5. The van der Waals surface area contributed by atoms with Crippen molar-refractivity contribution in [3.8, 4) is 5.75 Å². The molecule has 0 saturated heterocycles. The molecule has 1 aromatic carbocycles. The largest absolute Gasteiger partial charge is 0.490 e. The van der Waals surface area contributed by atoms with Gasteiger partial charge >= 0.3 is 0 Å². The van der Waals surface area contributed by atoms with E-state index < -0.39 is 5.60 Å². The van der Waals surface area contributed by atoms with Crippen LogP contribution in [-0.4, -0.2) is 23.2 Å². The van der Waals surface area contributed by atoms with E-state index >= 15 is 0 Å². The van der Waals surface area contributed by atoms with Gasteiger partial charge in [0.25, 0.3) is 0 Å². The first kappa shape index (κ1) is 15.1. The standard InChI is InChI=1S/C15H20ClNO3/c1-2-20-14-11(16)6-5-7-12(14)17-13(18)10-15(19)8-3-4-9-15/h5-7,19H,2-4,8-10H2,1H3,(H,17,18). The summed E-state index contributed by atoms with van der Waals surface area (Å²) < 4.78 is 5.45. The number of anilines is 1. The minimum Gasteiger partial charge on any atom is -0.490 e. The third-order valence-corrected chi connectivity index (χ3v) is 3.85. The van der Waals surface area contributed by atoms with Crippen molar-refractivity contribution < 1.29 is 14.6 Å². The van der Waals surface area contributed by atoms with E-state index in [4.69, 9.17) is 16.3 Å². The van der Waals surface area contributed by atoms with E-state index in [-0.39, 0.29) is 12.3 Å². The van der Waals surface area contributed by atoms with Crippen LogP contribution in [0.3, 0.4) is 0 Å². The maximum atomic E-state index is 12.1. The van der Waals surface area contributed by atoms with Gasteiger partial charge in [-0.15, -0.1) is 0 Å². The van der Waals surface area contributed by atoms with Crippen molar-refractivity contribution in [2.45, 2.75) is 44.6 Å². The Morgan fingerprint density at radius 3 is 2.80 bits per heavy atom. The van der Waals surface area contributed by atoms with Gasteiger partial charge in [0.15, 0.2) is 5.75 Å². The van der Waals surface area contributed by atoms with Crippen molar-refractivity contribution in [3.05, 3.63) is 23.2 Å². The Kier molecular flexibility index (Phi) is 4.89. The van der Waals surface area contributed by atoms with Crippen LogP contribution in [0.4, 0.5) is 5.69 Å². The van der Waals surface area contributed by atoms with E-state index in [0.717, 1.165) is 12.8 Å². The fourth-order valence-electron chi connectivity index (χ4n) is 2.60. The SMILES string of the molecule is CCOc1c(Cl)cccc1NC(=O)CC1(O)CCCC1. The highest BCUT2D eigenvalue weighted by Gasteiger charge is 2.33. The lowest BCUT2D eigenvalue weighted by Gasteiger charge is -2.21. The lowest BCUT2D eigenvalue weighted by Crippen LogP contribution is -2.30. The quantitative estimate of drug-likeness (QED) is 0.876. The minimum absolute atomic E-state index is 0.116. The Hall–Kier alpha value is -1.26. The first-order chi connectivity index (χ1) is 9.54. The van der Waals surface area contributed by atoms with Crippen LogP contribution in [0.25, 0.3) is 0 Å². The highest BCUT2D eigenvalue weighted by Crippen LogP contribution is 2.35. The van der Waals surface area contributed by atoms with Gasteiger partial charge in [0, 0.05) is 0 Å². The Morgan fingerprint density at radius 1 is 1.45 bits per heavy atom. The molecular weight excluding hydrogens is 278 g/mol. The molecule has 1 aliphatic carbocycles. The zero-order valence-corrected chi connectivity index (χ0v) is 12.4. The van der Waals surface area contributed by atoms with Crippen molar-refractivity contribution in [1.82, 2.24) is 0 Å². The summed E-state index contributed by atoms with van der Waals surface area (Å²) in [6.07, 6.45) is 3.45. The van der Waals surface area contributed by atoms with E-state index in [0.29, 0.717) is 35.9 Å². The van der Waals surface area contributed by atoms with Crippen molar-refractivity contribution in [2.75, 3.05) is 11.9 Å². The second-order valence-corrected chi connectivity index (χ2v) is 5.61. The maximum absolute atomic E-state index is 12.1. The van der Waals surface area contributed by atoms with E-state index in [1.807, 2.05) is 6.92 Å². The van der Waals surface area contributed by atoms with E-state index in [9.17, 15) is 9.90 Å². The number of benzene rings is 1. The molecule has 1 aromatic rings. The molecule has 5 heteroatoms. The predicted octanol–water partition coefficient (Wildman–Crippen LogP) is 3.37. The van der Waals surface area contributed by atoms with Gasteiger partial charge < -0.3 is 15.2 Å². The van der Waals surface area contributed by atoms with E-state index in [1.54, 1.807) is 18.2 Å². The molecule has 0 atom stereocenters. The van der Waals surface area contributed by atoms with Crippen LogP contribution < -0.4 is 10.1 Å². The molecule has 0 aliphatic heterocycles. The fraction of sp³-hybridized carbons (Fsp3) is 0.533. The van der Waals surface area contributed by atoms with Gasteiger partial charge in [-0.25, -0.2) is 0 Å². The molecule has 0 unspecified atom stereocenters. The van der Waals surface area contributed by atoms with Gasteiger partial charge in [-0.2, -0.15) is 0 Å². The second-order valence-electron chi connectivity index (χ2n) is 5.21. The number of rotatable bonds is 5. The average molecular weight is 298 g/mol. The Labute approximate surface area is 124 Å². The zero-order valence-electron chi connectivity index (χ0n) is 11.6. The van der Waals surface area contributed by atoms with Crippen LogP contribution in [0.15, 0.2) is 18.2 Å². The van der Waals surface area contributed by atoms with Crippen LogP contribution in [-0.2, 0) is 4.79 Å². The summed E-state index contributed by atoms with van der Waals surface area (Å²) in [5.74, 6) is 0.265. The highest BCUT2D eigenvalue weighted by atomic mass is 35.5. The molecule has 0 aromatic heterocycles. The molecule has 4 nitrogen and oxygen atoms in total. The molecule has 110 valence electrons. The van der Waals surface area contributed by atoms with Crippen LogP contribution in [0.2, 0.25) is 5.02 Å². The van der Waals surface area contributed by atoms with Crippen molar-refractivity contribution in [1.29, 1.82) is 0 Å². The number of para-hydroxylation sites is 1. The fourth-order valence-corrected chi connectivity index (χ4v) is 2.83. The van der Waals surface area contributed by atoms with E-state index in [2.05, 4.69) is 5.32 Å². The van der Waals surface area contributed by atoms with Gasteiger partial charge in [0.1, 0.15) is 0 Å². The van der Waals surface area contributed by atoms with Gasteiger partial charge in [-0.1, -0.05) is 30.5 Å². The molecular formula is C15H20ClNO3. The lowest BCUT2D eigenvalue weighted by atomic mass is 9.97. The molecule has 0 spiro atoms. The summed E-state index contributed by atoms with van der Waals surface area (Å²) >= 11 is 6.06. The zero-order chi connectivity index (χ0) is 14.6. The molecule has 2 N–H and O–H groups in total.